The van der Waals surface area contributed by atoms with E-state index in [1.807, 2.05) is 12.4 Å². The molecule has 1 heterocycles. The zero-order chi connectivity index (χ0) is 6.69. The Morgan fingerprint density at radius 2 is 1.89 bits per heavy atom. The third-order valence-electron chi connectivity index (χ3n) is 0.686. The van der Waals surface area contributed by atoms with Crippen molar-refractivity contribution in [3.05, 3.63) is 16.2 Å². The number of hydrogen-bond acceptors (Lipinski definition) is 3. The molecule has 5 heteroatoms. The van der Waals surface area contributed by atoms with Crippen LogP contribution in [0.1, 0.15) is 0 Å². The first-order chi connectivity index (χ1) is 4.33. The van der Waals surface area contributed by atoms with Crippen LogP contribution in [-0.2, 0) is 0 Å². The summed E-state index contributed by atoms with van der Waals surface area (Å²) in [5.74, 6) is 0. The van der Waals surface area contributed by atoms with Crippen LogP contribution in [0.15, 0.2) is 17.3 Å². The van der Waals surface area contributed by atoms with Gasteiger partial charge < -0.3 is 0 Å². The van der Waals surface area contributed by atoms with Gasteiger partial charge in [-0.2, -0.15) is 0 Å². The Morgan fingerprint density at radius 1 is 1.33 bits per heavy atom. The molecule has 0 spiro atoms. The van der Waals surface area contributed by atoms with E-state index in [1.165, 1.54) is 0 Å². The Hall–Kier alpha value is 0.890. The van der Waals surface area contributed by atoms with E-state index in [9.17, 15) is 0 Å². The molecule has 0 atom stereocenters. The van der Waals surface area contributed by atoms with Gasteiger partial charge in [0, 0.05) is 56.2 Å². The molecule has 0 aliphatic rings. The molecule has 0 aromatic carbocycles. The van der Waals surface area contributed by atoms with E-state index in [4.69, 9.17) is 0 Å². The lowest BCUT2D eigenvalue weighted by atomic mass is 10.7. The van der Waals surface area contributed by atoms with Crippen molar-refractivity contribution in [2.45, 2.75) is 4.90 Å². The predicted molar refractivity (Wildman–Crippen MR) is 54.6 cm³/mol. The summed E-state index contributed by atoms with van der Waals surface area (Å²) in [6.45, 7) is 0. The Kier molecular flexibility index (Phi) is 3.48. The highest BCUT2D eigenvalue weighted by Crippen LogP contribution is 2.22. The quantitative estimate of drug-likeness (QED) is 0.566. The fourth-order valence-corrected chi connectivity index (χ4v) is 1.49. The molecule has 48 valence electrons. The summed E-state index contributed by atoms with van der Waals surface area (Å²) in [5, 5.41) is 0. The normalized spacial score (nSPS) is 9.56. The van der Waals surface area contributed by atoms with E-state index in [-0.39, 0.29) is 0 Å². The summed E-state index contributed by atoms with van der Waals surface area (Å²) < 4.78 is 0.793. The average molecular weight is 364 g/mol. The summed E-state index contributed by atoms with van der Waals surface area (Å²) in [6, 6.07) is 0. The number of aromatic nitrogens is 2. The molecule has 1 rings (SSSR count). The van der Waals surface area contributed by atoms with Gasteiger partial charge in [0.2, 0.25) is 0 Å². The standard InChI is InChI=1S/C4H2I2N2S/c5-4-7-1-3(9-6)2-8-4/h1-2H. The maximum absolute atomic E-state index is 4.00. The highest BCUT2D eigenvalue weighted by molar-refractivity contribution is 14.2. The first-order valence-corrected chi connectivity index (χ1v) is 6.53. The lowest BCUT2D eigenvalue weighted by Gasteiger charge is -1.89. The topological polar surface area (TPSA) is 25.8 Å². The largest absolute Gasteiger partial charge is 0.230 e. The summed E-state index contributed by atoms with van der Waals surface area (Å²) in [7, 11) is 1.62. The van der Waals surface area contributed by atoms with Crippen LogP contribution in [0.25, 0.3) is 0 Å². The number of rotatable bonds is 1. The van der Waals surface area contributed by atoms with Crippen LogP contribution in [0.3, 0.4) is 0 Å². The molecule has 0 N–H and O–H groups in total. The second-order valence-corrected chi connectivity index (χ2v) is 4.18. The highest BCUT2D eigenvalue weighted by atomic mass is 127. The van der Waals surface area contributed by atoms with E-state index in [2.05, 4.69) is 53.8 Å². The molecule has 9 heavy (non-hydrogen) atoms. The Morgan fingerprint density at radius 3 is 2.33 bits per heavy atom. The summed E-state index contributed by atoms with van der Waals surface area (Å²) in [4.78, 5) is 9.09. The molecule has 1 aromatic rings. The molecule has 0 aliphatic carbocycles. The van der Waals surface area contributed by atoms with Crippen LogP contribution in [0, 0.1) is 3.83 Å². The van der Waals surface area contributed by atoms with E-state index in [1.54, 1.807) is 8.93 Å². The number of nitrogens with zero attached hydrogens (tertiary/aromatic N) is 2. The minimum absolute atomic E-state index is 0.793. The first-order valence-electron chi connectivity index (χ1n) is 2.09. The van der Waals surface area contributed by atoms with Crippen LogP contribution in [0.2, 0.25) is 0 Å². The first kappa shape index (κ1) is 7.99. The molecule has 0 fully saturated rings. The zero-order valence-electron chi connectivity index (χ0n) is 4.21. The third-order valence-corrected chi connectivity index (χ3v) is 3.16. The van der Waals surface area contributed by atoms with Crippen molar-refractivity contribution in [3.63, 3.8) is 0 Å². The second kappa shape index (κ2) is 3.91. The molecule has 2 nitrogen and oxygen atoms in total. The van der Waals surface area contributed by atoms with E-state index >= 15 is 0 Å². The summed E-state index contributed by atoms with van der Waals surface area (Å²) in [6.07, 6.45) is 3.62. The molecular weight excluding hydrogens is 362 g/mol. The lowest BCUT2D eigenvalue weighted by molar-refractivity contribution is 1.05. The Bertz CT molecular complexity index is 188. The molecule has 0 saturated carbocycles. The van der Waals surface area contributed by atoms with Crippen LogP contribution >= 0.6 is 52.7 Å². The smallest absolute Gasteiger partial charge is 0.190 e. The molecular formula is C4H2I2N2S. The minimum atomic E-state index is 0.793. The van der Waals surface area contributed by atoms with Crippen LogP contribution in [0.5, 0.6) is 0 Å². The van der Waals surface area contributed by atoms with Gasteiger partial charge in [0.05, 0.1) is 4.90 Å². The lowest BCUT2D eigenvalue weighted by Crippen LogP contribution is -1.83. The molecule has 0 bridgehead atoms. The van der Waals surface area contributed by atoms with Crippen molar-refractivity contribution in [1.29, 1.82) is 0 Å². The van der Waals surface area contributed by atoms with Gasteiger partial charge in [-0.1, -0.05) is 0 Å². The molecule has 0 unspecified atom stereocenters. The van der Waals surface area contributed by atoms with Crippen molar-refractivity contribution < 1.29 is 0 Å². The highest BCUT2D eigenvalue weighted by Gasteiger charge is 1.90. The molecule has 0 aliphatic heterocycles. The monoisotopic (exact) mass is 364 g/mol. The van der Waals surface area contributed by atoms with Crippen LogP contribution in [-0.4, -0.2) is 9.97 Å². The van der Waals surface area contributed by atoms with Crippen LogP contribution < -0.4 is 0 Å². The zero-order valence-corrected chi connectivity index (χ0v) is 9.34. The number of halogens is 2. The Balaban J connectivity index is 2.88. The SMILES string of the molecule is ISc1cnc(I)nc1. The van der Waals surface area contributed by atoms with Crippen molar-refractivity contribution >= 4 is 52.7 Å². The average Bonchev–Trinajstić information content (AvgIpc) is 1.90. The summed E-state index contributed by atoms with van der Waals surface area (Å²) >= 11 is 4.28. The van der Waals surface area contributed by atoms with Gasteiger partial charge in [-0.25, -0.2) is 9.97 Å². The minimum Gasteiger partial charge on any atom is -0.230 e. The van der Waals surface area contributed by atoms with Crippen molar-refractivity contribution in [2.24, 2.45) is 0 Å². The Labute approximate surface area is 83.0 Å². The van der Waals surface area contributed by atoms with Gasteiger partial charge in [-0.05, 0) is 8.93 Å². The number of hydrogen-bond donors (Lipinski definition) is 0. The van der Waals surface area contributed by atoms with Crippen molar-refractivity contribution in [3.8, 4) is 0 Å². The van der Waals surface area contributed by atoms with E-state index < -0.39 is 0 Å². The third kappa shape index (κ3) is 2.54. The molecule has 0 radical (unpaired) electrons. The fourth-order valence-electron chi connectivity index (χ4n) is 0.340. The summed E-state index contributed by atoms with van der Waals surface area (Å²) in [5.41, 5.74) is 0. The van der Waals surface area contributed by atoms with Crippen molar-refractivity contribution in [2.75, 3.05) is 0 Å². The second-order valence-electron chi connectivity index (χ2n) is 1.26. The van der Waals surface area contributed by atoms with Crippen LogP contribution in [0.4, 0.5) is 0 Å². The van der Waals surface area contributed by atoms with Gasteiger partial charge in [-0.3, -0.25) is 0 Å². The molecule has 1 aromatic heterocycles. The van der Waals surface area contributed by atoms with E-state index in [0.29, 0.717) is 0 Å². The van der Waals surface area contributed by atoms with Gasteiger partial charge >= 0.3 is 0 Å². The van der Waals surface area contributed by atoms with Gasteiger partial charge in [0.15, 0.2) is 3.83 Å². The van der Waals surface area contributed by atoms with Gasteiger partial charge in [0.1, 0.15) is 0 Å². The molecule has 0 amide bonds. The fraction of sp³-hybridized carbons (Fsp3) is 0. The van der Waals surface area contributed by atoms with E-state index in [0.717, 1.165) is 8.73 Å². The van der Waals surface area contributed by atoms with Crippen molar-refractivity contribution in [1.82, 2.24) is 9.97 Å². The van der Waals surface area contributed by atoms with Gasteiger partial charge in [-0.15, -0.1) is 0 Å². The maximum Gasteiger partial charge on any atom is 0.190 e. The molecule has 0 saturated heterocycles. The maximum atomic E-state index is 4.00. The van der Waals surface area contributed by atoms with Gasteiger partial charge in [0.25, 0.3) is 0 Å². The predicted octanol–water partition coefficient (Wildman–Crippen LogP) is 2.52.